The summed E-state index contributed by atoms with van der Waals surface area (Å²) >= 11 is 12.8. The first-order chi connectivity index (χ1) is 14.5. The second-order valence-electron chi connectivity index (χ2n) is 6.46. The van der Waals surface area contributed by atoms with Crippen molar-refractivity contribution in [2.75, 3.05) is 18.5 Å². The number of anilines is 1. The van der Waals surface area contributed by atoms with Gasteiger partial charge in [-0.3, -0.25) is 14.5 Å². The molecule has 0 unspecified atom stereocenters. The Bertz CT molecular complexity index is 977. The van der Waals surface area contributed by atoms with E-state index in [0.29, 0.717) is 39.5 Å². The van der Waals surface area contributed by atoms with Crippen molar-refractivity contribution in [3.63, 3.8) is 0 Å². The third-order valence-corrected chi connectivity index (χ3v) is 6.02. The zero-order valence-electron chi connectivity index (χ0n) is 16.4. The fourth-order valence-corrected chi connectivity index (χ4v) is 4.34. The smallest absolute Gasteiger partial charge is 0.266 e. The van der Waals surface area contributed by atoms with Gasteiger partial charge in [-0.15, -0.1) is 0 Å². The summed E-state index contributed by atoms with van der Waals surface area (Å²) in [5, 5.41) is 3.42. The van der Waals surface area contributed by atoms with Gasteiger partial charge in [-0.25, -0.2) is 0 Å². The number of thioether (sulfide) groups is 1. The molecule has 0 bridgehead atoms. The minimum atomic E-state index is -0.156. The van der Waals surface area contributed by atoms with E-state index in [2.05, 4.69) is 5.32 Å². The predicted octanol–water partition coefficient (Wildman–Crippen LogP) is 5.36. The Hall–Kier alpha value is -2.35. The summed E-state index contributed by atoms with van der Waals surface area (Å²) in [6.07, 6.45) is 2.54. The van der Waals surface area contributed by atoms with Gasteiger partial charge in [-0.05, 0) is 55.3 Å². The van der Waals surface area contributed by atoms with Crippen LogP contribution < -0.4 is 10.1 Å². The molecule has 0 aromatic heterocycles. The molecule has 2 amide bonds. The van der Waals surface area contributed by atoms with Crippen LogP contribution in [0.1, 0.15) is 25.3 Å². The van der Waals surface area contributed by atoms with Gasteiger partial charge in [0.15, 0.2) is 0 Å². The van der Waals surface area contributed by atoms with Crippen molar-refractivity contribution in [2.45, 2.75) is 19.8 Å². The highest BCUT2D eigenvalue weighted by molar-refractivity contribution is 8.26. The summed E-state index contributed by atoms with van der Waals surface area (Å²) in [6, 6.07) is 14.5. The Balaban J connectivity index is 1.50. The first-order valence-electron chi connectivity index (χ1n) is 9.50. The van der Waals surface area contributed by atoms with Gasteiger partial charge < -0.3 is 10.1 Å². The molecule has 1 aliphatic rings. The van der Waals surface area contributed by atoms with Crippen LogP contribution in [0.3, 0.4) is 0 Å². The Morgan fingerprint density at radius 2 is 1.97 bits per heavy atom. The molecule has 2 aromatic carbocycles. The van der Waals surface area contributed by atoms with Crippen LogP contribution in [0.15, 0.2) is 53.4 Å². The molecule has 0 atom stereocenters. The van der Waals surface area contributed by atoms with E-state index in [1.165, 1.54) is 16.7 Å². The lowest BCUT2D eigenvalue weighted by Gasteiger charge is -2.14. The number of hydrogen-bond donors (Lipinski definition) is 1. The zero-order chi connectivity index (χ0) is 21.5. The van der Waals surface area contributed by atoms with Gasteiger partial charge in [0.2, 0.25) is 5.91 Å². The summed E-state index contributed by atoms with van der Waals surface area (Å²) in [5.74, 6) is 0.489. The summed E-state index contributed by atoms with van der Waals surface area (Å²) in [4.78, 5) is 26.9. The molecule has 0 spiro atoms. The molecule has 1 heterocycles. The maximum Gasteiger partial charge on any atom is 0.266 e. The number of carbonyl (C=O) groups excluding carboxylic acids is 2. The summed E-state index contributed by atoms with van der Waals surface area (Å²) in [6.45, 7) is 2.90. The third-order valence-electron chi connectivity index (χ3n) is 4.30. The number of thiocarbonyl (C=S) groups is 1. The van der Waals surface area contributed by atoms with Crippen molar-refractivity contribution >= 4 is 63.5 Å². The SMILES string of the molecule is CCOc1ccc(NC(=O)CCCN2C(=O)C(=Cc3ccccc3Cl)SC2=S)cc1. The standard InChI is InChI=1S/C22H21ClN2O3S2/c1-2-28-17-11-9-16(10-12-17)24-20(26)8-5-13-25-21(27)19(30-22(25)29)14-15-6-3-4-7-18(15)23/h3-4,6-7,9-12,14H,2,5,8,13H2,1H3,(H,24,26). The highest BCUT2D eigenvalue weighted by Crippen LogP contribution is 2.33. The molecule has 1 N–H and O–H groups in total. The van der Waals surface area contributed by atoms with Gasteiger partial charge in [0, 0.05) is 23.7 Å². The van der Waals surface area contributed by atoms with Crippen LogP contribution in [-0.2, 0) is 9.59 Å². The van der Waals surface area contributed by atoms with E-state index in [1.807, 2.05) is 37.3 Å². The lowest BCUT2D eigenvalue weighted by atomic mass is 10.2. The molecule has 1 aliphatic heterocycles. The van der Waals surface area contributed by atoms with Crippen LogP contribution in [0, 0.1) is 0 Å². The van der Waals surface area contributed by atoms with E-state index in [1.54, 1.807) is 24.3 Å². The van der Waals surface area contributed by atoms with E-state index < -0.39 is 0 Å². The van der Waals surface area contributed by atoms with Crippen molar-refractivity contribution in [3.8, 4) is 5.75 Å². The molecule has 8 heteroatoms. The van der Waals surface area contributed by atoms with Crippen LogP contribution in [0.4, 0.5) is 5.69 Å². The highest BCUT2D eigenvalue weighted by atomic mass is 35.5. The summed E-state index contributed by atoms with van der Waals surface area (Å²) in [5.41, 5.74) is 1.48. The van der Waals surface area contributed by atoms with Gasteiger partial charge >= 0.3 is 0 Å². The molecule has 156 valence electrons. The number of nitrogens with one attached hydrogen (secondary N) is 1. The van der Waals surface area contributed by atoms with Crippen molar-refractivity contribution in [1.82, 2.24) is 4.90 Å². The maximum atomic E-state index is 12.7. The fourth-order valence-electron chi connectivity index (χ4n) is 2.85. The van der Waals surface area contributed by atoms with Crippen LogP contribution in [-0.4, -0.2) is 34.2 Å². The number of rotatable bonds is 8. The van der Waals surface area contributed by atoms with Gasteiger partial charge in [0.25, 0.3) is 5.91 Å². The zero-order valence-corrected chi connectivity index (χ0v) is 18.8. The number of amides is 2. The Kier molecular flexibility index (Phi) is 7.90. The second kappa shape index (κ2) is 10.6. The normalized spacial score (nSPS) is 15.0. The molecular formula is C22H21ClN2O3S2. The fraction of sp³-hybridized carbons (Fsp3) is 0.227. The molecule has 3 rings (SSSR count). The van der Waals surface area contributed by atoms with Gasteiger partial charge in [0.05, 0.1) is 11.5 Å². The topological polar surface area (TPSA) is 58.6 Å². The largest absolute Gasteiger partial charge is 0.494 e. The van der Waals surface area contributed by atoms with E-state index in [-0.39, 0.29) is 18.2 Å². The first-order valence-corrected chi connectivity index (χ1v) is 11.1. The molecule has 0 saturated carbocycles. The molecule has 0 radical (unpaired) electrons. The molecule has 5 nitrogen and oxygen atoms in total. The average molecular weight is 461 g/mol. The Morgan fingerprint density at radius 1 is 1.23 bits per heavy atom. The predicted molar refractivity (Wildman–Crippen MR) is 127 cm³/mol. The van der Waals surface area contributed by atoms with Crippen LogP contribution in [0.2, 0.25) is 5.02 Å². The minimum absolute atomic E-state index is 0.115. The molecular weight excluding hydrogens is 440 g/mol. The molecule has 1 saturated heterocycles. The number of ether oxygens (including phenoxy) is 1. The van der Waals surface area contributed by atoms with Crippen molar-refractivity contribution in [2.24, 2.45) is 0 Å². The van der Waals surface area contributed by atoms with E-state index in [0.717, 1.165) is 11.3 Å². The molecule has 30 heavy (non-hydrogen) atoms. The Morgan fingerprint density at radius 3 is 2.67 bits per heavy atom. The maximum absolute atomic E-state index is 12.7. The lowest BCUT2D eigenvalue weighted by Crippen LogP contribution is -2.29. The average Bonchev–Trinajstić information content (AvgIpc) is 2.99. The number of benzene rings is 2. The number of carbonyl (C=O) groups is 2. The van der Waals surface area contributed by atoms with Crippen molar-refractivity contribution in [1.29, 1.82) is 0 Å². The highest BCUT2D eigenvalue weighted by Gasteiger charge is 2.31. The van der Waals surface area contributed by atoms with E-state index in [9.17, 15) is 9.59 Å². The van der Waals surface area contributed by atoms with Gasteiger partial charge in [-0.1, -0.05) is 53.8 Å². The quantitative estimate of drug-likeness (QED) is 0.424. The van der Waals surface area contributed by atoms with Crippen molar-refractivity contribution in [3.05, 3.63) is 64.0 Å². The summed E-state index contributed by atoms with van der Waals surface area (Å²) in [7, 11) is 0. The second-order valence-corrected chi connectivity index (χ2v) is 8.55. The van der Waals surface area contributed by atoms with Crippen molar-refractivity contribution < 1.29 is 14.3 Å². The third kappa shape index (κ3) is 5.84. The minimum Gasteiger partial charge on any atom is -0.494 e. The van der Waals surface area contributed by atoms with Crippen LogP contribution in [0.25, 0.3) is 6.08 Å². The lowest BCUT2D eigenvalue weighted by molar-refractivity contribution is -0.122. The molecule has 0 aliphatic carbocycles. The van der Waals surface area contributed by atoms with E-state index >= 15 is 0 Å². The van der Waals surface area contributed by atoms with Gasteiger partial charge in [-0.2, -0.15) is 0 Å². The number of nitrogens with zero attached hydrogens (tertiary/aromatic N) is 1. The molecule has 1 fully saturated rings. The number of halogens is 1. The van der Waals surface area contributed by atoms with E-state index in [4.69, 9.17) is 28.6 Å². The molecule has 2 aromatic rings. The monoisotopic (exact) mass is 460 g/mol. The summed E-state index contributed by atoms with van der Waals surface area (Å²) < 4.78 is 5.88. The van der Waals surface area contributed by atoms with Gasteiger partial charge in [0.1, 0.15) is 10.1 Å². The number of hydrogen-bond acceptors (Lipinski definition) is 5. The van der Waals surface area contributed by atoms with Crippen LogP contribution in [0.5, 0.6) is 5.75 Å². The Labute approximate surface area is 190 Å². The van der Waals surface area contributed by atoms with Crippen LogP contribution >= 0.6 is 35.6 Å². The first kappa shape index (κ1) is 22.3.